The van der Waals surface area contributed by atoms with E-state index in [2.05, 4.69) is 4.98 Å². The molecule has 2 aromatic rings. The van der Waals surface area contributed by atoms with Gasteiger partial charge in [0.2, 0.25) is 0 Å². The van der Waals surface area contributed by atoms with Crippen LogP contribution in [0.3, 0.4) is 0 Å². The van der Waals surface area contributed by atoms with Gasteiger partial charge in [-0.3, -0.25) is 9.78 Å². The number of amides is 1. The highest BCUT2D eigenvalue weighted by Gasteiger charge is 2.28. The molecule has 0 aliphatic rings. The van der Waals surface area contributed by atoms with Crippen molar-refractivity contribution in [3.63, 3.8) is 0 Å². The summed E-state index contributed by atoms with van der Waals surface area (Å²) in [4.78, 5) is 15.8. The Bertz CT molecular complexity index is 719. The average molecular weight is 438 g/mol. The first-order valence-electron chi connectivity index (χ1n) is 6.48. The van der Waals surface area contributed by atoms with Crippen LogP contribution in [0.4, 0.5) is 17.6 Å². The first-order chi connectivity index (χ1) is 10.8. The van der Waals surface area contributed by atoms with Crippen molar-refractivity contribution in [3.8, 4) is 0 Å². The zero-order valence-corrected chi connectivity index (χ0v) is 13.8. The van der Waals surface area contributed by atoms with E-state index in [0.29, 0.717) is 11.1 Å². The largest absolute Gasteiger partial charge is 0.405 e. The first-order valence-corrected chi connectivity index (χ1v) is 7.56. The number of hydrogen-bond acceptors (Lipinski definition) is 2. The normalized spacial score (nSPS) is 11.3. The minimum Gasteiger partial charge on any atom is -0.343 e. The summed E-state index contributed by atoms with van der Waals surface area (Å²) < 4.78 is 51.2. The van der Waals surface area contributed by atoms with Crippen LogP contribution in [0.25, 0.3) is 0 Å². The lowest BCUT2D eigenvalue weighted by Gasteiger charge is -2.12. The van der Waals surface area contributed by atoms with Gasteiger partial charge in [-0.15, -0.1) is 0 Å². The highest BCUT2D eigenvalue weighted by molar-refractivity contribution is 14.1. The maximum absolute atomic E-state index is 13.9. The minimum absolute atomic E-state index is 0.0437. The van der Waals surface area contributed by atoms with Crippen LogP contribution in [0, 0.1) is 9.39 Å². The van der Waals surface area contributed by atoms with Crippen LogP contribution in [0.5, 0.6) is 0 Å². The SMILES string of the molecule is O=C(NCC(F)(F)F)c1ccncc1Cc1ccc(I)cc1F. The molecule has 0 atom stereocenters. The Morgan fingerprint density at radius 2 is 1.96 bits per heavy atom. The number of carbonyl (C=O) groups excluding carboxylic acids is 1. The highest BCUT2D eigenvalue weighted by atomic mass is 127. The molecule has 1 amide bonds. The quantitative estimate of drug-likeness (QED) is 0.585. The Hall–Kier alpha value is -1.71. The molecule has 3 nitrogen and oxygen atoms in total. The number of nitrogens with one attached hydrogen (secondary N) is 1. The third kappa shape index (κ3) is 5.15. The fraction of sp³-hybridized carbons (Fsp3) is 0.200. The van der Waals surface area contributed by atoms with Crippen molar-refractivity contribution in [1.29, 1.82) is 0 Å². The second-order valence-electron chi connectivity index (χ2n) is 4.74. The van der Waals surface area contributed by atoms with Crippen molar-refractivity contribution < 1.29 is 22.4 Å². The van der Waals surface area contributed by atoms with Crippen LogP contribution in [0.1, 0.15) is 21.5 Å². The summed E-state index contributed by atoms with van der Waals surface area (Å²) >= 11 is 1.97. The second-order valence-corrected chi connectivity index (χ2v) is 5.99. The smallest absolute Gasteiger partial charge is 0.343 e. The van der Waals surface area contributed by atoms with E-state index >= 15 is 0 Å². The number of alkyl halides is 3. The Balaban J connectivity index is 2.22. The molecule has 1 heterocycles. The van der Waals surface area contributed by atoms with Gasteiger partial charge in [0.15, 0.2) is 0 Å². The molecular weight excluding hydrogens is 427 g/mol. The van der Waals surface area contributed by atoms with Crippen molar-refractivity contribution in [3.05, 3.63) is 62.7 Å². The summed E-state index contributed by atoms with van der Waals surface area (Å²) in [6, 6.07) is 5.93. The Labute approximate surface area is 143 Å². The predicted molar refractivity (Wildman–Crippen MR) is 84.5 cm³/mol. The average Bonchev–Trinajstić information content (AvgIpc) is 2.47. The molecule has 1 N–H and O–H groups in total. The van der Waals surface area contributed by atoms with Gasteiger partial charge in [-0.1, -0.05) is 6.07 Å². The van der Waals surface area contributed by atoms with Crippen molar-refractivity contribution in [2.24, 2.45) is 0 Å². The molecule has 0 unspecified atom stereocenters. The standard InChI is InChI=1S/C15H11F4IN2O/c16-13-6-11(20)2-1-9(13)5-10-7-21-4-3-12(10)14(23)22-8-15(17,18)19/h1-4,6-7H,5,8H2,(H,22,23). The second kappa shape index (κ2) is 7.24. The summed E-state index contributed by atoms with van der Waals surface area (Å²) in [5, 5.41) is 1.80. The molecule has 2 rings (SSSR count). The Morgan fingerprint density at radius 3 is 2.61 bits per heavy atom. The molecule has 0 spiro atoms. The maximum atomic E-state index is 13.9. The van der Waals surface area contributed by atoms with Gasteiger partial charge in [-0.05, 0) is 51.9 Å². The molecule has 1 aromatic heterocycles. The molecule has 0 radical (unpaired) electrons. The number of carbonyl (C=O) groups is 1. The van der Waals surface area contributed by atoms with E-state index in [1.807, 2.05) is 22.6 Å². The number of aromatic nitrogens is 1. The molecule has 1 aromatic carbocycles. The zero-order valence-electron chi connectivity index (χ0n) is 11.6. The molecule has 0 fully saturated rings. The van der Waals surface area contributed by atoms with Gasteiger partial charge < -0.3 is 5.32 Å². The van der Waals surface area contributed by atoms with E-state index in [1.165, 1.54) is 24.5 Å². The highest BCUT2D eigenvalue weighted by Crippen LogP contribution is 2.19. The topological polar surface area (TPSA) is 42.0 Å². The van der Waals surface area contributed by atoms with E-state index in [9.17, 15) is 22.4 Å². The van der Waals surface area contributed by atoms with Gasteiger partial charge in [0.25, 0.3) is 5.91 Å². The van der Waals surface area contributed by atoms with Gasteiger partial charge in [0.1, 0.15) is 12.4 Å². The lowest BCUT2D eigenvalue weighted by atomic mass is 10.0. The van der Waals surface area contributed by atoms with Crippen molar-refractivity contribution in [2.75, 3.05) is 6.54 Å². The zero-order chi connectivity index (χ0) is 17.0. The van der Waals surface area contributed by atoms with E-state index < -0.39 is 24.4 Å². The molecule has 8 heteroatoms. The van der Waals surface area contributed by atoms with Crippen LogP contribution in [0.2, 0.25) is 0 Å². The fourth-order valence-corrected chi connectivity index (χ4v) is 2.39. The van der Waals surface area contributed by atoms with Crippen LogP contribution in [-0.4, -0.2) is 23.6 Å². The Kier molecular flexibility index (Phi) is 5.55. The van der Waals surface area contributed by atoms with E-state index in [4.69, 9.17) is 0 Å². The minimum atomic E-state index is -4.49. The van der Waals surface area contributed by atoms with Gasteiger partial charge >= 0.3 is 6.18 Å². The van der Waals surface area contributed by atoms with Crippen LogP contribution < -0.4 is 5.32 Å². The summed E-state index contributed by atoms with van der Waals surface area (Å²) in [5.41, 5.74) is 0.734. The number of rotatable bonds is 4. The van der Waals surface area contributed by atoms with Crippen molar-refractivity contribution >= 4 is 28.5 Å². The van der Waals surface area contributed by atoms with Gasteiger partial charge in [0.05, 0.1) is 0 Å². The van der Waals surface area contributed by atoms with E-state index in [0.717, 1.165) is 3.57 Å². The third-order valence-electron chi connectivity index (χ3n) is 2.99. The monoisotopic (exact) mass is 438 g/mol. The fourth-order valence-electron chi connectivity index (χ4n) is 1.94. The number of benzene rings is 1. The predicted octanol–water partition coefficient (Wildman–Crippen LogP) is 3.71. The molecule has 0 aliphatic carbocycles. The number of halogens is 5. The molecule has 0 bridgehead atoms. The van der Waals surface area contributed by atoms with Crippen molar-refractivity contribution in [1.82, 2.24) is 10.3 Å². The molecule has 0 saturated carbocycles. The summed E-state index contributed by atoms with van der Waals surface area (Å²) in [6.45, 7) is -1.43. The molecule has 0 saturated heterocycles. The van der Waals surface area contributed by atoms with Crippen LogP contribution in [-0.2, 0) is 6.42 Å². The molecule has 0 aliphatic heterocycles. The first kappa shape index (κ1) is 17.6. The van der Waals surface area contributed by atoms with Gasteiger partial charge in [0, 0.05) is 27.9 Å². The lowest BCUT2D eigenvalue weighted by molar-refractivity contribution is -0.123. The number of pyridine rings is 1. The van der Waals surface area contributed by atoms with Gasteiger partial charge in [-0.25, -0.2) is 4.39 Å². The van der Waals surface area contributed by atoms with Crippen LogP contribution in [0.15, 0.2) is 36.7 Å². The van der Waals surface area contributed by atoms with E-state index in [1.54, 1.807) is 17.4 Å². The van der Waals surface area contributed by atoms with Gasteiger partial charge in [-0.2, -0.15) is 13.2 Å². The van der Waals surface area contributed by atoms with E-state index in [-0.39, 0.29) is 12.0 Å². The third-order valence-corrected chi connectivity index (χ3v) is 3.66. The molecule has 122 valence electrons. The van der Waals surface area contributed by atoms with Crippen LogP contribution >= 0.6 is 22.6 Å². The number of hydrogen-bond donors (Lipinski definition) is 1. The molecular formula is C15H11F4IN2O. The summed E-state index contributed by atoms with van der Waals surface area (Å²) in [7, 11) is 0. The maximum Gasteiger partial charge on any atom is 0.405 e. The molecule has 23 heavy (non-hydrogen) atoms. The summed E-state index contributed by atoms with van der Waals surface area (Å²) in [6.07, 6.45) is -1.79. The Morgan fingerprint density at radius 1 is 1.22 bits per heavy atom. The van der Waals surface area contributed by atoms with Crippen molar-refractivity contribution in [2.45, 2.75) is 12.6 Å². The lowest BCUT2D eigenvalue weighted by Crippen LogP contribution is -2.34. The summed E-state index contributed by atoms with van der Waals surface area (Å²) in [5.74, 6) is -1.31. The number of nitrogens with zero attached hydrogens (tertiary/aromatic N) is 1.